The van der Waals surface area contributed by atoms with Gasteiger partial charge in [0, 0.05) is 44.8 Å². The third-order valence-corrected chi connectivity index (χ3v) is 5.20. The van der Waals surface area contributed by atoms with Gasteiger partial charge in [0.05, 0.1) is 19.1 Å². The van der Waals surface area contributed by atoms with E-state index < -0.39 is 0 Å². The Morgan fingerprint density at radius 1 is 1.27 bits per heavy atom. The Labute approximate surface area is 155 Å². The second-order valence-electron chi connectivity index (χ2n) is 7.46. The topological polar surface area (TPSA) is 61.9 Å². The van der Waals surface area contributed by atoms with Gasteiger partial charge in [0.25, 0.3) is 0 Å². The smallest absolute Gasteiger partial charge is 0.229 e. The SMILES string of the molecule is CC(C)c1cccc(NC(=O)[C@H]2CC(=O)N(CCN3CCOCC3)C2)c1. The maximum absolute atomic E-state index is 12.6. The maximum Gasteiger partial charge on any atom is 0.229 e. The van der Waals surface area contributed by atoms with Crippen molar-refractivity contribution in [2.45, 2.75) is 26.2 Å². The number of anilines is 1. The minimum absolute atomic E-state index is 0.0619. The van der Waals surface area contributed by atoms with Crippen molar-refractivity contribution in [1.82, 2.24) is 9.80 Å². The van der Waals surface area contributed by atoms with Crippen LogP contribution in [0.1, 0.15) is 31.7 Å². The lowest BCUT2D eigenvalue weighted by molar-refractivity contribution is -0.128. The van der Waals surface area contributed by atoms with E-state index in [0.29, 0.717) is 25.4 Å². The normalized spacial score (nSPS) is 21.4. The van der Waals surface area contributed by atoms with Crippen LogP contribution in [0.15, 0.2) is 24.3 Å². The highest BCUT2D eigenvalue weighted by Crippen LogP contribution is 2.22. The third kappa shape index (κ3) is 4.83. The Hall–Kier alpha value is -1.92. The number of benzene rings is 1. The molecule has 2 aliphatic heterocycles. The molecular weight excluding hydrogens is 330 g/mol. The highest BCUT2D eigenvalue weighted by atomic mass is 16.5. The van der Waals surface area contributed by atoms with E-state index >= 15 is 0 Å². The number of morpholine rings is 1. The van der Waals surface area contributed by atoms with E-state index in [2.05, 4.69) is 30.1 Å². The van der Waals surface area contributed by atoms with E-state index in [0.717, 1.165) is 38.5 Å². The molecule has 2 fully saturated rings. The lowest BCUT2D eigenvalue weighted by Crippen LogP contribution is -2.42. The predicted molar refractivity (Wildman–Crippen MR) is 101 cm³/mol. The molecule has 0 aromatic heterocycles. The zero-order valence-electron chi connectivity index (χ0n) is 15.7. The summed E-state index contributed by atoms with van der Waals surface area (Å²) in [6.07, 6.45) is 0.304. The Bertz CT molecular complexity index is 641. The summed E-state index contributed by atoms with van der Waals surface area (Å²) in [5.74, 6) is 0.160. The molecule has 2 amide bonds. The molecule has 1 N–H and O–H groups in total. The molecule has 3 rings (SSSR count). The van der Waals surface area contributed by atoms with Crippen molar-refractivity contribution >= 4 is 17.5 Å². The largest absolute Gasteiger partial charge is 0.379 e. The summed E-state index contributed by atoms with van der Waals surface area (Å²) in [5, 5.41) is 2.98. The minimum atomic E-state index is -0.269. The zero-order valence-corrected chi connectivity index (χ0v) is 15.7. The number of amides is 2. The van der Waals surface area contributed by atoms with Crippen molar-refractivity contribution in [1.29, 1.82) is 0 Å². The van der Waals surface area contributed by atoms with E-state index in [9.17, 15) is 9.59 Å². The van der Waals surface area contributed by atoms with Crippen LogP contribution in [0.2, 0.25) is 0 Å². The second kappa shape index (κ2) is 8.64. The molecular formula is C20H29N3O3. The first-order valence-electron chi connectivity index (χ1n) is 9.51. The predicted octanol–water partition coefficient (Wildman–Crippen LogP) is 1.93. The van der Waals surface area contributed by atoms with Crippen LogP contribution in [0.5, 0.6) is 0 Å². The molecule has 1 atom stereocenters. The van der Waals surface area contributed by atoms with E-state index in [4.69, 9.17) is 4.74 Å². The third-order valence-electron chi connectivity index (χ3n) is 5.20. The first kappa shape index (κ1) is 18.9. The molecule has 26 heavy (non-hydrogen) atoms. The number of likely N-dealkylation sites (tertiary alicyclic amines) is 1. The molecule has 0 spiro atoms. The van der Waals surface area contributed by atoms with Gasteiger partial charge in [-0.1, -0.05) is 26.0 Å². The van der Waals surface area contributed by atoms with Crippen molar-refractivity contribution in [2.24, 2.45) is 5.92 Å². The molecule has 6 nitrogen and oxygen atoms in total. The van der Waals surface area contributed by atoms with Gasteiger partial charge in [-0.05, 0) is 23.6 Å². The molecule has 0 bridgehead atoms. The van der Waals surface area contributed by atoms with Crippen LogP contribution in [0, 0.1) is 5.92 Å². The molecule has 1 aromatic carbocycles. The minimum Gasteiger partial charge on any atom is -0.379 e. The fourth-order valence-electron chi connectivity index (χ4n) is 3.47. The molecule has 1 aromatic rings. The van der Waals surface area contributed by atoms with Gasteiger partial charge in [-0.2, -0.15) is 0 Å². The lowest BCUT2D eigenvalue weighted by atomic mass is 10.0. The average Bonchev–Trinajstić information content (AvgIpc) is 3.02. The Balaban J connectivity index is 1.51. The molecule has 2 saturated heterocycles. The summed E-state index contributed by atoms with van der Waals surface area (Å²) in [6, 6.07) is 7.93. The second-order valence-corrected chi connectivity index (χ2v) is 7.46. The standard InChI is InChI=1S/C20H29N3O3/c1-15(2)16-4-3-5-18(12-16)21-20(25)17-13-19(24)23(14-17)7-6-22-8-10-26-11-9-22/h3-5,12,15,17H,6-11,13-14H2,1-2H3,(H,21,25)/t17-/m0/s1. The lowest BCUT2D eigenvalue weighted by Gasteiger charge is -2.28. The van der Waals surface area contributed by atoms with Crippen molar-refractivity contribution in [3.8, 4) is 0 Å². The van der Waals surface area contributed by atoms with Crippen LogP contribution in [0.3, 0.4) is 0 Å². The van der Waals surface area contributed by atoms with Gasteiger partial charge >= 0.3 is 0 Å². The maximum atomic E-state index is 12.6. The molecule has 2 aliphatic rings. The summed E-state index contributed by atoms with van der Waals surface area (Å²) in [6.45, 7) is 9.65. The van der Waals surface area contributed by atoms with Gasteiger partial charge in [0.1, 0.15) is 0 Å². The molecule has 0 radical (unpaired) electrons. The molecule has 142 valence electrons. The first-order chi connectivity index (χ1) is 12.5. The van der Waals surface area contributed by atoms with E-state index in [1.165, 1.54) is 5.56 Å². The average molecular weight is 359 g/mol. The number of hydrogen-bond donors (Lipinski definition) is 1. The molecule has 0 unspecified atom stereocenters. The van der Waals surface area contributed by atoms with E-state index in [1.807, 2.05) is 23.1 Å². The summed E-state index contributed by atoms with van der Waals surface area (Å²) < 4.78 is 5.35. The zero-order chi connectivity index (χ0) is 18.5. The van der Waals surface area contributed by atoms with Gasteiger partial charge in [-0.25, -0.2) is 0 Å². The number of nitrogens with one attached hydrogen (secondary N) is 1. The van der Waals surface area contributed by atoms with Crippen molar-refractivity contribution in [3.63, 3.8) is 0 Å². The molecule has 6 heteroatoms. The summed E-state index contributed by atoms with van der Waals surface area (Å²) in [5.41, 5.74) is 2.00. The van der Waals surface area contributed by atoms with Crippen LogP contribution in [0.4, 0.5) is 5.69 Å². The summed E-state index contributed by atoms with van der Waals surface area (Å²) in [4.78, 5) is 29.0. The summed E-state index contributed by atoms with van der Waals surface area (Å²) >= 11 is 0. The van der Waals surface area contributed by atoms with Crippen LogP contribution in [-0.4, -0.2) is 67.6 Å². The van der Waals surface area contributed by atoms with E-state index in [-0.39, 0.29) is 17.7 Å². The highest BCUT2D eigenvalue weighted by molar-refractivity contribution is 5.97. The first-order valence-corrected chi connectivity index (χ1v) is 9.51. The number of ether oxygens (including phenoxy) is 1. The van der Waals surface area contributed by atoms with Crippen LogP contribution in [0.25, 0.3) is 0 Å². The van der Waals surface area contributed by atoms with Crippen LogP contribution >= 0.6 is 0 Å². The number of hydrogen-bond acceptors (Lipinski definition) is 4. The fourth-order valence-corrected chi connectivity index (χ4v) is 3.47. The van der Waals surface area contributed by atoms with Crippen molar-refractivity contribution in [2.75, 3.05) is 51.3 Å². The number of carbonyl (C=O) groups is 2. The monoisotopic (exact) mass is 359 g/mol. The number of carbonyl (C=O) groups excluding carboxylic acids is 2. The van der Waals surface area contributed by atoms with Crippen molar-refractivity contribution in [3.05, 3.63) is 29.8 Å². The van der Waals surface area contributed by atoms with E-state index in [1.54, 1.807) is 0 Å². The van der Waals surface area contributed by atoms with Gasteiger partial charge in [-0.15, -0.1) is 0 Å². The highest BCUT2D eigenvalue weighted by Gasteiger charge is 2.34. The quantitative estimate of drug-likeness (QED) is 0.843. The number of nitrogens with zero attached hydrogens (tertiary/aromatic N) is 2. The van der Waals surface area contributed by atoms with Crippen molar-refractivity contribution < 1.29 is 14.3 Å². The van der Waals surface area contributed by atoms with Gasteiger partial charge in [-0.3, -0.25) is 14.5 Å². The molecule has 0 aliphatic carbocycles. The van der Waals surface area contributed by atoms with Gasteiger partial charge in [0.2, 0.25) is 11.8 Å². The fraction of sp³-hybridized carbons (Fsp3) is 0.600. The van der Waals surface area contributed by atoms with Crippen LogP contribution in [-0.2, 0) is 14.3 Å². The Morgan fingerprint density at radius 3 is 2.77 bits per heavy atom. The summed E-state index contributed by atoms with van der Waals surface area (Å²) in [7, 11) is 0. The molecule has 2 heterocycles. The van der Waals surface area contributed by atoms with Crippen LogP contribution < -0.4 is 5.32 Å². The number of rotatable bonds is 6. The Kier molecular flexibility index (Phi) is 6.27. The Morgan fingerprint density at radius 2 is 2.04 bits per heavy atom. The van der Waals surface area contributed by atoms with Gasteiger partial charge < -0.3 is 15.0 Å². The molecule has 0 saturated carbocycles. The van der Waals surface area contributed by atoms with Gasteiger partial charge in [0.15, 0.2) is 0 Å².